The zero-order chi connectivity index (χ0) is 11.3. The Morgan fingerprint density at radius 3 is 2.40 bits per heavy atom. The monoisotopic (exact) mass is 206 g/mol. The van der Waals surface area contributed by atoms with Crippen LogP contribution in [0, 0.1) is 12.8 Å². The molecular weight excluding hydrogens is 184 g/mol. The molecular formula is C14H22O. The average molecular weight is 206 g/mol. The van der Waals surface area contributed by atoms with Crippen LogP contribution in [0.2, 0.25) is 0 Å². The van der Waals surface area contributed by atoms with Crippen LogP contribution < -0.4 is 0 Å². The van der Waals surface area contributed by atoms with Crippen molar-refractivity contribution < 1.29 is 5.11 Å². The van der Waals surface area contributed by atoms with E-state index in [1.807, 2.05) is 0 Å². The van der Waals surface area contributed by atoms with Crippen LogP contribution in [0.25, 0.3) is 0 Å². The van der Waals surface area contributed by atoms with E-state index in [1.54, 1.807) is 0 Å². The summed E-state index contributed by atoms with van der Waals surface area (Å²) < 4.78 is 0. The number of benzene rings is 1. The highest BCUT2D eigenvalue weighted by atomic mass is 16.3. The molecule has 84 valence electrons. The summed E-state index contributed by atoms with van der Waals surface area (Å²) in [6, 6.07) is 8.51. The average Bonchev–Trinajstić information content (AvgIpc) is 2.17. The molecule has 0 aliphatic rings. The Morgan fingerprint density at radius 2 is 1.87 bits per heavy atom. The molecule has 1 nitrogen and oxygen atoms in total. The lowest BCUT2D eigenvalue weighted by atomic mass is 9.86. The number of rotatable bonds is 5. The van der Waals surface area contributed by atoms with Crippen LogP contribution in [0.1, 0.15) is 43.7 Å². The Kier molecular flexibility index (Phi) is 4.83. The van der Waals surface area contributed by atoms with E-state index in [2.05, 4.69) is 45.0 Å². The van der Waals surface area contributed by atoms with Crippen LogP contribution >= 0.6 is 0 Å². The van der Waals surface area contributed by atoms with E-state index in [4.69, 9.17) is 5.11 Å². The van der Waals surface area contributed by atoms with Gasteiger partial charge in [0.2, 0.25) is 0 Å². The molecule has 0 saturated carbocycles. The summed E-state index contributed by atoms with van der Waals surface area (Å²) in [5.74, 6) is 1.19. The lowest BCUT2D eigenvalue weighted by molar-refractivity contribution is 0.267. The van der Waals surface area contributed by atoms with Gasteiger partial charge in [-0.05, 0) is 42.7 Å². The fourth-order valence-corrected chi connectivity index (χ4v) is 2.17. The molecule has 0 saturated heterocycles. The lowest BCUT2D eigenvalue weighted by Crippen LogP contribution is -2.06. The molecule has 1 aromatic carbocycles. The van der Waals surface area contributed by atoms with E-state index in [-0.39, 0.29) is 6.61 Å². The zero-order valence-electron chi connectivity index (χ0n) is 10.0. The van der Waals surface area contributed by atoms with Gasteiger partial charge >= 0.3 is 0 Å². The molecule has 0 aromatic heterocycles. The molecule has 0 aliphatic carbocycles. The highest BCUT2D eigenvalue weighted by molar-refractivity contribution is 5.29. The van der Waals surface area contributed by atoms with Crippen LogP contribution in [0.4, 0.5) is 0 Å². The van der Waals surface area contributed by atoms with Gasteiger partial charge in [-0.1, -0.05) is 38.1 Å². The molecule has 0 radical (unpaired) electrons. The number of aryl methyl sites for hydroxylation is 1. The third-order valence-corrected chi connectivity index (χ3v) is 2.86. The van der Waals surface area contributed by atoms with Gasteiger partial charge in [0.1, 0.15) is 0 Å². The lowest BCUT2D eigenvalue weighted by Gasteiger charge is -2.20. The molecule has 0 heterocycles. The van der Waals surface area contributed by atoms with Gasteiger partial charge in [0.05, 0.1) is 0 Å². The van der Waals surface area contributed by atoms with Gasteiger partial charge in [0, 0.05) is 6.61 Å². The van der Waals surface area contributed by atoms with Crippen LogP contribution in [0.5, 0.6) is 0 Å². The molecule has 0 bridgehead atoms. The van der Waals surface area contributed by atoms with Crippen molar-refractivity contribution in [1.29, 1.82) is 0 Å². The normalized spacial score (nSPS) is 13.1. The minimum Gasteiger partial charge on any atom is -0.396 e. The quantitative estimate of drug-likeness (QED) is 0.781. The molecule has 1 aromatic rings. The van der Waals surface area contributed by atoms with E-state index in [0.29, 0.717) is 11.8 Å². The van der Waals surface area contributed by atoms with Gasteiger partial charge in [-0.25, -0.2) is 0 Å². The third kappa shape index (κ3) is 3.67. The second-order valence-corrected chi connectivity index (χ2v) is 4.70. The van der Waals surface area contributed by atoms with Crippen LogP contribution in [0.3, 0.4) is 0 Å². The first-order valence-electron chi connectivity index (χ1n) is 5.81. The fourth-order valence-electron chi connectivity index (χ4n) is 2.17. The molecule has 0 aliphatic heterocycles. The topological polar surface area (TPSA) is 20.2 Å². The highest BCUT2D eigenvalue weighted by Crippen LogP contribution is 2.28. The standard InChI is InChI=1S/C14H22O/c1-11(2)10-13(8-9-15)14-7-5-4-6-12(14)3/h4-7,11,13,15H,8-10H2,1-3H3. The van der Waals surface area contributed by atoms with E-state index < -0.39 is 0 Å². The molecule has 1 rings (SSSR count). The summed E-state index contributed by atoms with van der Waals surface area (Å²) in [6.07, 6.45) is 2.04. The fraction of sp³-hybridized carbons (Fsp3) is 0.571. The van der Waals surface area contributed by atoms with Crippen LogP contribution in [-0.4, -0.2) is 11.7 Å². The second kappa shape index (κ2) is 5.92. The van der Waals surface area contributed by atoms with Crippen molar-refractivity contribution in [2.75, 3.05) is 6.61 Å². The predicted molar refractivity (Wildman–Crippen MR) is 65.1 cm³/mol. The Bertz CT molecular complexity index is 291. The van der Waals surface area contributed by atoms with Crippen molar-refractivity contribution in [2.45, 2.75) is 39.5 Å². The minimum absolute atomic E-state index is 0.283. The van der Waals surface area contributed by atoms with E-state index in [9.17, 15) is 0 Å². The van der Waals surface area contributed by atoms with Gasteiger partial charge in [-0.2, -0.15) is 0 Å². The highest BCUT2D eigenvalue weighted by Gasteiger charge is 2.14. The maximum Gasteiger partial charge on any atom is 0.0436 e. The van der Waals surface area contributed by atoms with Crippen molar-refractivity contribution in [3.63, 3.8) is 0 Å². The first kappa shape index (κ1) is 12.3. The molecule has 0 spiro atoms. The Hall–Kier alpha value is -0.820. The van der Waals surface area contributed by atoms with Gasteiger partial charge < -0.3 is 5.11 Å². The molecule has 1 heteroatoms. The first-order chi connectivity index (χ1) is 7.15. The molecule has 0 fully saturated rings. The van der Waals surface area contributed by atoms with E-state index in [1.165, 1.54) is 11.1 Å². The van der Waals surface area contributed by atoms with Crippen molar-refractivity contribution >= 4 is 0 Å². The summed E-state index contributed by atoms with van der Waals surface area (Å²) in [6.45, 7) is 6.91. The van der Waals surface area contributed by atoms with Crippen LogP contribution in [-0.2, 0) is 0 Å². The zero-order valence-corrected chi connectivity index (χ0v) is 10.0. The first-order valence-corrected chi connectivity index (χ1v) is 5.81. The smallest absolute Gasteiger partial charge is 0.0436 e. The molecule has 15 heavy (non-hydrogen) atoms. The van der Waals surface area contributed by atoms with E-state index in [0.717, 1.165) is 12.8 Å². The summed E-state index contributed by atoms with van der Waals surface area (Å²) >= 11 is 0. The Labute approximate surface area is 93.1 Å². The van der Waals surface area contributed by atoms with Gasteiger partial charge in [0.15, 0.2) is 0 Å². The van der Waals surface area contributed by atoms with Gasteiger partial charge in [-0.15, -0.1) is 0 Å². The Balaban J connectivity index is 2.83. The summed E-state index contributed by atoms with van der Waals surface area (Å²) in [7, 11) is 0. The molecule has 1 atom stereocenters. The van der Waals surface area contributed by atoms with Crippen molar-refractivity contribution in [1.82, 2.24) is 0 Å². The number of hydrogen-bond donors (Lipinski definition) is 1. The summed E-state index contributed by atoms with van der Waals surface area (Å²) in [5.41, 5.74) is 2.75. The Morgan fingerprint density at radius 1 is 1.20 bits per heavy atom. The van der Waals surface area contributed by atoms with Gasteiger partial charge in [-0.3, -0.25) is 0 Å². The SMILES string of the molecule is Cc1ccccc1C(CCO)CC(C)C. The minimum atomic E-state index is 0.283. The maximum absolute atomic E-state index is 9.10. The number of aliphatic hydroxyl groups is 1. The van der Waals surface area contributed by atoms with Crippen molar-refractivity contribution in [3.05, 3.63) is 35.4 Å². The van der Waals surface area contributed by atoms with Gasteiger partial charge in [0.25, 0.3) is 0 Å². The van der Waals surface area contributed by atoms with E-state index >= 15 is 0 Å². The summed E-state index contributed by atoms with van der Waals surface area (Å²) in [4.78, 5) is 0. The third-order valence-electron chi connectivity index (χ3n) is 2.86. The van der Waals surface area contributed by atoms with Crippen molar-refractivity contribution in [3.8, 4) is 0 Å². The molecule has 1 unspecified atom stereocenters. The van der Waals surface area contributed by atoms with Crippen molar-refractivity contribution in [2.24, 2.45) is 5.92 Å². The second-order valence-electron chi connectivity index (χ2n) is 4.70. The predicted octanol–water partition coefficient (Wildman–Crippen LogP) is 3.51. The van der Waals surface area contributed by atoms with Crippen LogP contribution in [0.15, 0.2) is 24.3 Å². The molecule has 1 N–H and O–H groups in total. The largest absolute Gasteiger partial charge is 0.396 e. The number of hydrogen-bond acceptors (Lipinski definition) is 1. The number of aliphatic hydroxyl groups excluding tert-OH is 1. The summed E-state index contributed by atoms with van der Waals surface area (Å²) in [5, 5.41) is 9.10. The molecule has 0 amide bonds. The maximum atomic E-state index is 9.10.